The van der Waals surface area contributed by atoms with Gasteiger partial charge in [0, 0.05) is 31.2 Å². The molecule has 0 N–H and O–H groups in total. The summed E-state index contributed by atoms with van der Waals surface area (Å²) in [5.41, 5.74) is 1.57. The molecule has 3 aromatic rings. The molecule has 10 heteroatoms. The molecule has 1 aliphatic rings. The fourth-order valence-corrected chi connectivity index (χ4v) is 6.29. The molecule has 0 unspecified atom stereocenters. The maximum atomic E-state index is 13.4. The van der Waals surface area contributed by atoms with Gasteiger partial charge in [-0.25, -0.2) is 13.4 Å². The SMILES string of the molecule is CC(C)S(=O)(=O)c1ccc(CC(=O)N(CCCN2CCOCC2)c2nc3ccc(Cl)cc3s2)cc1. The molecule has 0 radical (unpaired) electrons. The van der Waals surface area contributed by atoms with Crippen molar-refractivity contribution in [3.05, 3.63) is 53.1 Å². The average molecular weight is 536 g/mol. The Labute approximate surface area is 215 Å². The molecule has 1 aromatic heterocycles. The van der Waals surface area contributed by atoms with Crippen molar-refractivity contribution in [2.75, 3.05) is 44.3 Å². The van der Waals surface area contributed by atoms with Gasteiger partial charge in [0.25, 0.3) is 0 Å². The minimum absolute atomic E-state index is 0.0726. The van der Waals surface area contributed by atoms with Gasteiger partial charge in [0.05, 0.1) is 40.0 Å². The second kappa shape index (κ2) is 11.3. The van der Waals surface area contributed by atoms with Gasteiger partial charge in [-0.3, -0.25) is 14.6 Å². The zero-order valence-corrected chi connectivity index (χ0v) is 22.3. The Kier molecular flexibility index (Phi) is 8.44. The van der Waals surface area contributed by atoms with Crippen LogP contribution in [0.15, 0.2) is 47.4 Å². The predicted octanol–water partition coefficient (Wildman–Crippen LogP) is 4.43. The first-order valence-electron chi connectivity index (χ1n) is 11.7. The summed E-state index contributed by atoms with van der Waals surface area (Å²) in [6.45, 7) is 8.03. The van der Waals surface area contributed by atoms with E-state index in [1.165, 1.54) is 11.3 Å². The summed E-state index contributed by atoms with van der Waals surface area (Å²) >= 11 is 7.60. The summed E-state index contributed by atoms with van der Waals surface area (Å²) in [5, 5.41) is 0.784. The molecule has 1 aliphatic heterocycles. The molecule has 0 atom stereocenters. The first-order valence-corrected chi connectivity index (χ1v) is 14.5. The highest BCUT2D eigenvalue weighted by Gasteiger charge is 2.22. The van der Waals surface area contributed by atoms with Crippen LogP contribution in [0.25, 0.3) is 10.2 Å². The maximum Gasteiger partial charge on any atom is 0.233 e. The van der Waals surface area contributed by atoms with Gasteiger partial charge in [0.15, 0.2) is 15.0 Å². The Hall–Kier alpha value is -2.04. The van der Waals surface area contributed by atoms with Crippen molar-refractivity contribution in [3.8, 4) is 0 Å². The lowest BCUT2D eigenvalue weighted by molar-refractivity contribution is -0.118. The number of hydrogen-bond donors (Lipinski definition) is 0. The number of benzene rings is 2. The molecule has 35 heavy (non-hydrogen) atoms. The van der Waals surface area contributed by atoms with Crippen molar-refractivity contribution in [1.29, 1.82) is 0 Å². The fourth-order valence-electron chi connectivity index (χ4n) is 3.95. The molecule has 0 saturated carbocycles. The normalized spacial score (nSPS) is 15.1. The minimum Gasteiger partial charge on any atom is -0.379 e. The Morgan fingerprint density at radius 3 is 2.57 bits per heavy atom. The quantitative estimate of drug-likeness (QED) is 0.403. The van der Waals surface area contributed by atoms with Crippen molar-refractivity contribution in [1.82, 2.24) is 9.88 Å². The number of aromatic nitrogens is 1. The number of anilines is 1. The third-order valence-electron chi connectivity index (χ3n) is 6.06. The van der Waals surface area contributed by atoms with Crippen LogP contribution in [0.4, 0.5) is 5.13 Å². The molecule has 1 saturated heterocycles. The van der Waals surface area contributed by atoms with E-state index in [1.54, 1.807) is 49.1 Å². The van der Waals surface area contributed by atoms with Crippen LogP contribution >= 0.6 is 22.9 Å². The largest absolute Gasteiger partial charge is 0.379 e. The summed E-state index contributed by atoms with van der Waals surface area (Å²) in [5.74, 6) is -0.0726. The molecule has 1 amide bonds. The van der Waals surface area contributed by atoms with Crippen LogP contribution in [0.2, 0.25) is 5.02 Å². The summed E-state index contributed by atoms with van der Waals surface area (Å²) in [6, 6.07) is 12.1. The third kappa shape index (κ3) is 6.40. The van der Waals surface area contributed by atoms with E-state index in [1.807, 2.05) is 12.1 Å². The Balaban J connectivity index is 1.51. The topological polar surface area (TPSA) is 79.8 Å². The first-order chi connectivity index (χ1) is 16.7. The van der Waals surface area contributed by atoms with Gasteiger partial charge in [0.2, 0.25) is 5.91 Å². The second-order valence-electron chi connectivity index (χ2n) is 8.88. The molecule has 0 aliphatic carbocycles. The summed E-state index contributed by atoms with van der Waals surface area (Å²) in [4.78, 5) is 22.5. The number of fused-ring (bicyclic) bond motifs is 1. The maximum absolute atomic E-state index is 13.4. The van der Waals surface area contributed by atoms with Crippen molar-refractivity contribution >= 4 is 54.0 Å². The lowest BCUT2D eigenvalue weighted by atomic mass is 10.1. The Bertz CT molecular complexity index is 1270. The minimum atomic E-state index is -3.35. The van der Waals surface area contributed by atoms with Gasteiger partial charge in [-0.1, -0.05) is 35.1 Å². The third-order valence-corrected chi connectivity index (χ3v) is 9.51. The standard InChI is InChI=1S/C25H30ClN3O4S2/c1-18(2)35(31,32)21-7-4-19(5-8-21)16-24(30)29(11-3-10-28-12-14-33-15-13-28)25-27-22-9-6-20(26)17-23(22)34-25/h4-9,17-18H,3,10-16H2,1-2H3. The van der Waals surface area contributed by atoms with Gasteiger partial charge in [-0.2, -0.15) is 0 Å². The van der Waals surface area contributed by atoms with Crippen LogP contribution < -0.4 is 4.90 Å². The van der Waals surface area contributed by atoms with Crippen LogP contribution in [0, 0.1) is 0 Å². The molecular formula is C25H30ClN3O4S2. The smallest absolute Gasteiger partial charge is 0.233 e. The summed E-state index contributed by atoms with van der Waals surface area (Å²) in [7, 11) is -3.35. The molecule has 0 bridgehead atoms. The van der Waals surface area contributed by atoms with Crippen molar-refractivity contribution in [2.24, 2.45) is 0 Å². The van der Waals surface area contributed by atoms with Crippen LogP contribution in [0.1, 0.15) is 25.8 Å². The molecule has 7 nitrogen and oxygen atoms in total. The number of thiazole rings is 1. The van der Waals surface area contributed by atoms with Gasteiger partial charge in [0.1, 0.15) is 0 Å². The average Bonchev–Trinajstić information content (AvgIpc) is 3.25. The number of hydrogen-bond acceptors (Lipinski definition) is 7. The highest BCUT2D eigenvalue weighted by molar-refractivity contribution is 7.92. The van der Waals surface area contributed by atoms with E-state index >= 15 is 0 Å². The molecule has 1 fully saturated rings. The number of ether oxygens (including phenoxy) is 1. The van der Waals surface area contributed by atoms with Crippen molar-refractivity contribution in [2.45, 2.75) is 36.8 Å². The monoisotopic (exact) mass is 535 g/mol. The van der Waals surface area contributed by atoms with Crippen molar-refractivity contribution in [3.63, 3.8) is 0 Å². The van der Waals surface area contributed by atoms with Crippen molar-refractivity contribution < 1.29 is 17.9 Å². The van der Waals surface area contributed by atoms with E-state index in [-0.39, 0.29) is 17.2 Å². The van der Waals surface area contributed by atoms with E-state index in [2.05, 4.69) is 4.90 Å². The number of carbonyl (C=O) groups excluding carboxylic acids is 1. The predicted molar refractivity (Wildman–Crippen MR) is 141 cm³/mol. The zero-order chi connectivity index (χ0) is 25.0. The van der Waals surface area contributed by atoms with Gasteiger partial charge in [-0.05, 0) is 56.2 Å². The molecule has 188 valence electrons. The lowest BCUT2D eigenvalue weighted by Gasteiger charge is -2.27. The van der Waals surface area contributed by atoms with E-state index in [4.69, 9.17) is 21.3 Å². The molecule has 0 spiro atoms. The lowest BCUT2D eigenvalue weighted by Crippen LogP contribution is -2.39. The fraction of sp³-hybridized carbons (Fsp3) is 0.440. The van der Waals surface area contributed by atoms with Gasteiger partial charge in [-0.15, -0.1) is 0 Å². The Morgan fingerprint density at radius 1 is 1.17 bits per heavy atom. The Morgan fingerprint density at radius 2 is 1.89 bits per heavy atom. The number of rotatable bonds is 9. The van der Waals surface area contributed by atoms with Crippen LogP contribution in [0.3, 0.4) is 0 Å². The van der Waals surface area contributed by atoms with E-state index in [9.17, 15) is 13.2 Å². The first kappa shape index (κ1) is 26.0. The zero-order valence-electron chi connectivity index (χ0n) is 19.9. The van der Waals surface area contributed by atoms with Crippen LogP contribution in [0.5, 0.6) is 0 Å². The highest BCUT2D eigenvalue weighted by atomic mass is 35.5. The number of morpholine rings is 1. The van der Waals surface area contributed by atoms with E-state index < -0.39 is 15.1 Å². The van der Waals surface area contributed by atoms with Crippen LogP contribution in [-0.2, 0) is 25.8 Å². The number of nitrogens with zero attached hydrogens (tertiary/aromatic N) is 3. The van der Waals surface area contributed by atoms with Gasteiger partial charge < -0.3 is 4.74 Å². The second-order valence-corrected chi connectivity index (χ2v) is 12.8. The van der Waals surface area contributed by atoms with Crippen LogP contribution in [-0.4, -0.2) is 68.9 Å². The molecule has 2 aromatic carbocycles. The molecule has 4 rings (SSSR count). The summed E-state index contributed by atoms with van der Waals surface area (Å²) < 4.78 is 31.2. The van der Waals surface area contributed by atoms with E-state index in [0.717, 1.165) is 55.0 Å². The van der Waals surface area contributed by atoms with E-state index in [0.29, 0.717) is 16.7 Å². The van der Waals surface area contributed by atoms with Gasteiger partial charge >= 0.3 is 0 Å². The number of halogens is 1. The number of sulfone groups is 1. The molecular weight excluding hydrogens is 506 g/mol. The summed E-state index contributed by atoms with van der Waals surface area (Å²) in [6.07, 6.45) is 0.976. The highest BCUT2D eigenvalue weighted by Crippen LogP contribution is 2.31. The molecule has 2 heterocycles. The number of amides is 1. The number of carbonyl (C=O) groups is 1.